The molecule has 5 nitrogen and oxygen atoms in total. The quantitative estimate of drug-likeness (QED) is 0.635. The normalized spacial score (nSPS) is 11.8. The summed E-state index contributed by atoms with van der Waals surface area (Å²) in [6.45, 7) is 0.302. The van der Waals surface area contributed by atoms with Crippen LogP contribution >= 0.6 is 0 Å². The second-order valence-electron chi connectivity index (χ2n) is 4.93. The Morgan fingerprint density at radius 2 is 1.91 bits per heavy atom. The fourth-order valence-electron chi connectivity index (χ4n) is 2.30. The SMILES string of the molecule is CCc1ccccc1CNC(=NC)NCc1nccn1C(F)F. The highest BCUT2D eigenvalue weighted by Crippen LogP contribution is 2.12. The predicted molar refractivity (Wildman–Crippen MR) is 86.3 cm³/mol. The van der Waals surface area contributed by atoms with Gasteiger partial charge < -0.3 is 10.6 Å². The molecule has 0 bridgehead atoms. The maximum Gasteiger partial charge on any atom is 0.319 e. The number of alkyl halides is 2. The van der Waals surface area contributed by atoms with Crippen molar-refractivity contribution in [2.75, 3.05) is 7.05 Å². The lowest BCUT2D eigenvalue weighted by Gasteiger charge is -2.14. The lowest BCUT2D eigenvalue weighted by atomic mass is 10.1. The van der Waals surface area contributed by atoms with Gasteiger partial charge in [0.2, 0.25) is 0 Å². The van der Waals surface area contributed by atoms with E-state index in [-0.39, 0.29) is 12.4 Å². The molecule has 2 rings (SSSR count). The molecule has 1 aromatic carbocycles. The first kappa shape index (κ1) is 16.9. The van der Waals surface area contributed by atoms with Gasteiger partial charge in [0.25, 0.3) is 0 Å². The first-order valence-corrected chi connectivity index (χ1v) is 7.46. The molecule has 0 aliphatic rings. The molecule has 1 aromatic heterocycles. The van der Waals surface area contributed by atoms with E-state index in [1.54, 1.807) is 7.05 Å². The van der Waals surface area contributed by atoms with Gasteiger partial charge in [-0.2, -0.15) is 8.78 Å². The van der Waals surface area contributed by atoms with E-state index >= 15 is 0 Å². The smallest absolute Gasteiger partial charge is 0.319 e. The number of nitrogens with zero attached hydrogens (tertiary/aromatic N) is 3. The van der Waals surface area contributed by atoms with Crippen molar-refractivity contribution in [1.82, 2.24) is 20.2 Å². The molecule has 0 aliphatic heterocycles. The van der Waals surface area contributed by atoms with Gasteiger partial charge in [0.15, 0.2) is 5.96 Å². The third-order valence-corrected chi connectivity index (χ3v) is 3.54. The van der Waals surface area contributed by atoms with Crippen molar-refractivity contribution in [1.29, 1.82) is 0 Å². The molecule has 0 fully saturated rings. The van der Waals surface area contributed by atoms with Crippen LogP contribution in [0.3, 0.4) is 0 Å². The van der Waals surface area contributed by atoms with Crippen molar-refractivity contribution in [2.45, 2.75) is 33.0 Å². The largest absolute Gasteiger partial charge is 0.352 e. The molecule has 0 atom stereocenters. The summed E-state index contributed by atoms with van der Waals surface area (Å²) >= 11 is 0. The highest BCUT2D eigenvalue weighted by molar-refractivity contribution is 5.79. The molecule has 23 heavy (non-hydrogen) atoms. The summed E-state index contributed by atoms with van der Waals surface area (Å²) < 4.78 is 26.4. The van der Waals surface area contributed by atoms with Gasteiger partial charge in [0.1, 0.15) is 5.82 Å². The van der Waals surface area contributed by atoms with Crippen molar-refractivity contribution in [3.05, 3.63) is 53.6 Å². The second kappa shape index (κ2) is 8.26. The average molecular weight is 321 g/mol. The Morgan fingerprint density at radius 3 is 2.57 bits per heavy atom. The summed E-state index contributed by atoms with van der Waals surface area (Å²) in [4.78, 5) is 8.03. The Hall–Kier alpha value is -2.44. The monoisotopic (exact) mass is 321 g/mol. The summed E-state index contributed by atoms with van der Waals surface area (Å²) in [7, 11) is 1.64. The van der Waals surface area contributed by atoms with Gasteiger partial charge in [-0.3, -0.25) is 9.56 Å². The molecule has 124 valence electrons. The topological polar surface area (TPSA) is 54.2 Å². The van der Waals surface area contributed by atoms with Crippen LogP contribution in [0.15, 0.2) is 41.7 Å². The first-order chi connectivity index (χ1) is 11.2. The molecule has 7 heteroatoms. The molecule has 0 amide bonds. The van der Waals surface area contributed by atoms with Crippen LogP contribution in [0.5, 0.6) is 0 Å². The zero-order valence-electron chi connectivity index (χ0n) is 13.3. The zero-order chi connectivity index (χ0) is 16.7. The molecule has 0 aliphatic carbocycles. The van der Waals surface area contributed by atoms with E-state index in [4.69, 9.17) is 0 Å². The Bertz CT molecular complexity index is 651. The van der Waals surface area contributed by atoms with E-state index in [0.29, 0.717) is 12.5 Å². The summed E-state index contributed by atoms with van der Waals surface area (Å²) in [5, 5.41) is 6.18. The number of aryl methyl sites for hydroxylation is 1. The molecule has 0 saturated heterocycles. The minimum Gasteiger partial charge on any atom is -0.352 e. The number of aromatic nitrogens is 2. The molecule has 0 spiro atoms. The molecular formula is C16H21F2N5. The van der Waals surface area contributed by atoms with Crippen LogP contribution in [0, 0.1) is 0 Å². The second-order valence-corrected chi connectivity index (χ2v) is 4.93. The van der Waals surface area contributed by atoms with Gasteiger partial charge in [-0.05, 0) is 17.5 Å². The minimum absolute atomic E-state index is 0.173. The van der Waals surface area contributed by atoms with E-state index < -0.39 is 6.55 Å². The van der Waals surface area contributed by atoms with Crippen LogP contribution in [0.4, 0.5) is 8.78 Å². The molecule has 1 heterocycles. The van der Waals surface area contributed by atoms with E-state index in [1.807, 2.05) is 12.1 Å². The lowest BCUT2D eigenvalue weighted by Crippen LogP contribution is -2.37. The highest BCUT2D eigenvalue weighted by Gasteiger charge is 2.11. The zero-order valence-corrected chi connectivity index (χ0v) is 13.3. The third kappa shape index (κ3) is 4.51. The van der Waals surface area contributed by atoms with Crippen molar-refractivity contribution in [3.63, 3.8) is 0 Å². The standard InChI is InChI=1S/C16H21F2N5/c1-3-12-6-4-5-7-13(12)10-21-16(19-2)22-11-14-20-8-9-23(14)15(17)18/h4-9,15H,3,10-11H2,1-2H3,(H2,19,21,22). The maximum absolute atomic E-state index is 12.8. The van der Waals surface area contributed by atoms with E-state index in [9.17, 15) is 8.78 Å². The fourth-order valence-corrected chi connectivity index (χ4v) is 2.30. The van der Waals surface area contributed by atoms with Crippen LogP contribution in [-0.4, -0.2) is 22.6 Å². The first-order valence-electron chi connectivity index (χ1n) is 7.46. The van der Waals surface area contributed by atoms with Gasteiger partial charge in [-0.15, -0.1) is 0 Å². The Kier molecular flexibility index (Phi) is 6.08. The van der Waals surface area contributed by atoms with Gasteiger partial charge >= 0.3 is 6.55 Å². The summed E-state index contributed by atoms with van der Waals surface area (Å²) in [6, 6.07) is 8.15. The Morgan fingerprint density at radius 1 is 1.22 bits per heavy atom. The number of benzene rings is 1. The van der Waals surface area contributed by atoms with Gasteiger partial charge in [0, 0.05) is 26.0 Å². The van der Waals surface area contributed by atoms with E-state index in [0.717, 1.165) is 11.0 Å². The lowest BCUT2D eigenvalue weighted by molar-refractivity contribution is 0.0668. The highest BCUT2D eigenvalue weighted by atomic mass is 19.3. The molecule has 0 saturated carbocycles. The van der Waals surface area contributed by atoms with Crippen LogP contribution in [0.25, 0.3) is 0 Å². The van der Waals surface area contributed by atoms with Gasteiger partial charge in [0.05, 0.1) is 6.54 Å². The summed E-state index contributed by atoms with van der Waals surface area (Å²) in [5.74, 6) is 0.802. The molecule has 0 unspecified atom stereocenters. The van der Waals surface area contributed by atoms with E-state index in [1.165, 1.54) is 23.5 Å². The van der Waals surface area contributed by atoms with Crippen molar-refractivity contribution in [3.8, 4) is 0 Å². The van der Waals surface area contributed by atoms with Crippen LogP contribution in [0.2, 0.25) is 0 Å². The number of nitrogens with one attached hydrogen (secondary N) is 2. The number of imidazole rings is 1. The van der Waals surface area contributed by atoms with Crippen LogP contribution < -0.4 is 10.6 Å². The third-order valence-electron chi connectivity index (χ3n) is 3.54. The van der Waals surface area contributed by atoms with E-state index in [2.05, 4.69) is 39.7 Å². The molecule has 0 radical (unpaired) electrons. The number of aliphatic imine (C=N–C) groups is 1. The van der Waals surface area contributed by atoms with Gasteiger partial charge in [-0.25, -0.2) is 4.98 Å². The predicted octanol–water partition coefficient (Wildman–Crippen LogP) is 2.71. The molecular weight excluding hydrogens is 300 g/mol. The fraction of sp³-hybridized carbons (Fsp3) is 0.375. The number of hydrogen-bond donors (Lipinski definition) is 2. The Labute approximate surface area is 134 Å². The minimum atomic E-state index is -2.60. The van der Waals surface area contributed by atoms with Crippen LogP contribution in [-0.2, 0) is 19.5 Å². The number of rotatable bonds is 6. The van der Waals surface area contributed by atoms with Gasteiger partial charge in [-0.1, -0.05) is 31.2 Å². The van der Waals surface area contributed by atoms with Crippen molar-refractivity contribution >= 4 is 5.96 Å². The maximum atomic E-state index is 12.8. The number of hydrogen-bond acceptors (Lipinski definition) is 2. The molecule has 2 aromatic rings. The average Bonchev–Trinajstić information content (AvgIpc) is 3.04. The molecule has 2 N–H and O–H groups in total. The number of halogens is 2. The Balaban J connectivity index is 1.92. The summed E-state index contributed by atoms with van der Waals surface area (Å²) in [5.41, 5.74) is 2.45. The van der Waals surface area contributed by atoms with Crippen molar-refractivity contribution < 1.29 is 8.78 Å². The number of guanidine groups is 1. The summed E-state index contributed by atoms with van der Waals surface area (Å²) in [6.07, 6.45) is 3.57. The van der Waals surface area contributed by atoms with Crippen LogP contribution in [0.1, 0.15) is 30.4 Å². The van der Waals surface area contributed by atoms with Crippen molar-refractivity contribution in [2.24, 2.45) is 4.99 Å².